The number of aromatic nitrogens is 2. The Bertz CT molecular complexity index is 527. The molecule has 1 heterocycles. The minimum absolute atomic E-state index is 0. The zero-order valence-electron chi connectivity index (χ0n) is 10.7. The van der Waals surface area contributed by atoms with E-state index in [0.29, 0.717) is 5.75 Å². The Morgan fingerprint density at radius 1 is 1.16 bits per heavy atom. The molecule has 0 spiro atoms. The maximum atomic E-state index is 12.4. The van der Waals surface area contributed by atoms with E-state index in [-0.39, 0.29) is 58.0 Å². The van der Waals surface area contributed by atoms with Gasteiger partial charge in [-0.25, -0.2) is 0 Å². The van der Waals surface area contributed by atoms with Gasteiger partial charge in [0.05, 0.1) is 5.69 Å². The maximum absolute atomic E-state index is 12.4. The number of hydrogen-bond donors (Lipinski definition) is 0. The summed E-state index contributed by atoms with van der Waals surface area (Å²) in [6.45, 7) is -4.71. The molecule has 0 bridgehead atoms. The van der Waals surface area contributed by atoms with Crippen molar-refractivity contribution >= 4 is 12.4 Å². The monoisotopic (exact) mass is 294 g/mol. The standard InChI is InChI=1S/C11H11BF3N2O.K/c1-17-7-6-10(16-17)8-18-11-4-2-9(3-5-11)12(13,14)15;/h2-7H,8H2,1H3;/q-1;+1. The van der Waals surface area contributed by atoms with Crippen LogP contribution in [0.2, 0.25) is 0 Å². The summed E-state index contributed by atoms with van der Waals surface area (Å²) in [5.41, 5.74) is 0.0989. The zero-order chi connectivity index (χ0) is 13.2. The van der Waals surface area contributed by atoms with Gasteiger partial charge in [-0.1, -0.05) is 12.1 Å². The second kappa shape index (κ2) is 6.94. The van der Waals surface area contributed by atoms with Crippen LogP contribution >= 0.6 is 0 Å². The van der Waals surface area contributed by atoms with Crippen LogP contribution in [0.5, 0.6) is 5.75 Å². The number of halogens is 3. The Labute approximate surface area is 151 Å². The van der Waals surface area contributed by atoms with Gasteiger partial charge in [-0.15, -0.1) is 5.46 Å². The first kappa shape index (κ1) is 16.8. The van der Waals surface area contributed by atoms with E-state index in [1.165, 1.54) is 12.1 Å². The molecule has 0 saturated carbocycles. The Hall–Kier alpha value is -0.279. The molecule has 2 aromatic rings. The summed E-state index contributed by atoms with van der Waals surface area (Å²) >= 11 is 0. The van der Waals surface area contributed by atoms with Gasteiger partial charge in [-0.05, 0) is 18.2 Å². The summed E-state index contributed by atoms with van der Waals surface area (Å²) in [4.78, 5) is 0. The third-order valence-electron chi connectivity index (χ3n) is 2.41. The van der Waals surface area contributed by atoms with Crippen molar-refractivity contribution in [2.45, 2.75) is 6.61 Å². The van der Waals surface area contributed by atoms with Crippen molar-refractivity contribution in [3.8, 4) is 5.75 Å². The van der Waals surface area contributed by atoms with Gasteiger partial charge in [0.25, 0.3) is 0 Å². The van der Waals surface area contributed by atoms with Gasteiger partial charge in [0.15, 0.2) is 0 Å². The fourth-order valence-electron chi connectivity index (χ4n) is 1.48. The first-order valence-corrected chi connectivity index (χ1v) is 5.36. The van der Waals surface area contributed by atoms with Crippen LogP contribution in [0, 0.1) is 0 Å². The normalized spacial score (nSPS) is 10.9. The van der Waals surface area contributed by atoms with Crippen LogP contribution in [0.25, 0.3) is 0 Å². The minimum atomic E-state index is -4.95. The quantitative estimate of drug-likeness (QED) is 0.681. The van der Waals surface area contributed by atoms with Crippen molar-refractivity contribution in [2.75, 3.05) is 0 Å². The van der Waals surface area contributed by atoms with E-state index in [0.717, 1.165) is 17.8 Å². The molecule has 1 aromatic heterocycles. The van der Waals surface area contributed by atoms with E-state index in [2.05, 4.69) is 5.10 Å². The molecule has 0 atom stereocenters. The molecule has 0 aliphatic heterocycles. The predicted molar refractivity (Wildman–Crippen MR) is 62.7 cm³/mol. The number of rotatable bonds is 4. The molecule has 0 saturated heterocycles. The molecule has 96 valence electrons. The molecule has 0 amide bonds. The van der Waals surface area contributed by atoms with Crippen LogP contribution in [0.3, 0.4) is 0 Å². The minimum Gasteiger partial charge on any atom is -0.487 e. The molecule has 0 aliphatic rings. The molecule has 0 aliphatic carbocycles. The molecule has 1 aromatic carbocycles. The van der Waals surface area contributed by atoms with E-state index >= 15 is 0 Å². The smallest absolute Gasteiger partial charge is 0.487 e. The van der Waals surface area contributed by atoms with Gasteiger partial charge >= 0.3 is 58.4 Å². The van der Waals surface area contributed by atoms with Crippen LogP contribution in [0.1, 0.15) is 5.69 Å². The van der Waals surface area contributed by atoms with Gasteiger partial charge in [-0.2, -0.15) is 5.10 Å². The van der Waals surface area contributed by atoms with Gasteiger partial charge < -0.3 is 17.7 Å². The Morgan fingerprint density at radius 3 is 2.26 bits per heavy atom. The van der Waals surface area contributed by atoms with Crippen LogP contribution in [-0.4, -0.2) is 16.8 Å². The summed E-state index contributed by atoms with van der Waals surface area (Å²) in [5, 5.41) is 4.10. The summed E-state index contributed by atoms with van der Waals surface area (Å²) in [6.07, 6.45) is 1.77. The van der Waals surface area contributed by atoms with Crippen molar-refractivity contribution in [3.05, 3.63) is 42.2 Å². The van der Waals surface area contributed by atoms with Crippen molar-refractivity contribution in [2.24, 2.45) is 7.05 Å². The van der Waals surface area contributed by atoms with E-state index in [4.69, 9.17) is 4.74 Å². The van der Waals surface area contributed by atoms with Gasteiger partial charge in [0.1, 0.15) is 12.4 Å². The zero-order valence-corrected chi connectivity index (χ0v) is 13.8. The van der Waals surface area contributed by atoms with Crippen molar-refractivity contribution in [1.82, 2.24) is 9.78 Å². The number of ether oxygens (including phenoxy) is 1. The van der Waals surface area contributed by atoms with E-state index in [1.807, 2.05) is 0 Å². The third-order valence-corrected chi connectivity index (χ3v) is 2.41. The topological polar surface area (TPSA) is 27.1 Å². The largest absolute Gasteiger partial charge is 1.00 e. The Kier molecular flexibility index (Phi) is 6.13. The predicted octanol–water partition coefficient (Wildman–Crippen LogP) is -0.943. The van der Waals surface area contributed by atoms with Crippen LogP contribution < -0.4 is 61.6 Å². The van der Waals surface area contributed by atoms with Crippen molar-refractivity contribution in [1.29, 1.82) is 0 Å². The van der Waals surface area contributed by atoms with Gasteiger partial charge in [-0.3, -0.25) is 4.68 Å². The molecule has 0 fully saturated rings. The van der Waals surface area contributed by atoms with E-state index in [9.17, 15) is 12.9 Å². The molecule has 19 heavy (non-hydrogen) atoms. The Balaban J connectivity index is 0.00000180. The fraction of sp³-hybridized carbons (Fsp3) is 0.182. The third kappa shape index (κ3) is 4.96. The fourth-order valence-corrected chi connectivity index (χ4v) is 1.48. The summed E-state index contributed by atoms with van der Waals surface area (Å²) in [7, 11) is 1.78. The average molecular weight is 294 g/mol. The molecular weight excluding hydrogens is 283 g/mol. The first-order valence-electron chi connectivity index (χ1n) is 5.36. The van der Waals surface area contributed by atoms with Crippen LogP contribution in [0.4, 0.5) is 12.9 Å². The molecule has 0 N–H and O–H groups in total. The molecule has 0 unspecified atom stereocenters. The van der Waals surface area contributed by atoms with Crippen LogP contribution in [0.15, 0.2) is 36.5 Å². The number of hydrogen-bond acceptors (Lipinski definition) is 2. The molecule has 8 heteroatoms. The molecule has 3 nitrogen and oxygen atoms in total. The maximum Gasteiger partial charge on any atom is 1.00 e. The average Bonchev–Trinajstić information content (AvgIpc) is 2.72. The van der Waals surface area contributed by atoms with Crippen molar-refractivity contribution < 1.29 is 69.1 Å². The summed E-state index contributed by atoms with van der Waals surface area (Å²) < 4.78 is 44.1. The molecular formula is C11H11BF3KN2O. The second-order valence-electron chi connectivity index (χ2n) is 3.91. The first-order chi connectivity index (χ1) is 8.45. The van der Waals surface area contributed by atoms with Gasteiger partial charge in [0.2, 0.25) is 0 Å². The SMILES string of the molecule is Cn1ccc(COc2ccc([B-](F)(F)F)cc2)n1.[K+]. The second-order valence-corrected chi connectivity index (χ2v) is 3.91. The van der Waals surface area contributed by atoms with Crippen LogP contribution in [-0.2, 0) is 13.7 Å². The van der Waals surface area contributed by atoms with Crippen molar-refractivity contribution in [3.63, 3.8) is 0 Å². The summed E-state index contributed by atoms with van der Waals surface area (Å²) in [6, 6.07) is 6.45. The summed E-state index contributed by atoms with van der Waals surface area (Å²) in [5.74, 6) is 0.393. The number of benzene rings is 1. The molecule has 0 radical (unpaired) electrons. The van der Waals surface area contributed by atoms with Gasteiger partial charge in [0, 0.05) is 13.2 Å². The number of aryl methyl sites for hydroxylation is 1. The Morgan fingerprint density at radius 2 is 1.79 bits per heavy atom. The number of nitrogens with zero attached hydrogens (tertiary/aromatic N) is 2. The van der Waals surface area contributed by atoms with E-state index < -0.39 is 12.4 Å². The van der Waals surface area contributed by atoms with E-state index in [1.54, 1.807) is 24.0 Å². The molecule has 2 rings (SSSR count).